The fraction of sp³-hybridized carbons (Fsp3) is 0.308. The monoisotopic (exact) mass is 236 g/mol. The molecule has 0 aliphatic heterocycles. The number of Topliss-reactive ketones (excluding diaryl/α,β-unsaturated/α-hetero) is 1. The highest BCUT2D eigenvalue weighted by Crippen LogP contribution is 2.20. The average Bonchev–Trinajstić information content (AvgIpc) is 2.68. The second-order valence-corrected chi connectivity index (χ2v) is 4.08. The SMILES string of the molecule is CC(C)OCC(=O)c1cc2cc(F)ccc2o1. The Morgan fingerprint density at radius 1 is 1.41 bits per heavy atom. The number of carbonyl (C=O) groups excluding carboxylic acids is 1. The third-order valence-corrected chi connectivity index (χ3v) is 2.30. The third kappa shape index (κ3) is 2.71. The summed E-state index contributed by atoms with van der Waals surface area (Å²) in [4.78, 5) is 11.7. The van der Waals surface area contributed by atoms with Crippen molar-refractivity contribution in [3.8, 4) is 0 Å². The number of fused-ring (bicyclic) bond motifs is 1. The minimum atomic E-state index is -0.351. The molecule has 0 saturated carbocycles. The molecular weight excluding hydrogens is 223 g/mol. The molecule has 4 heteroatoms. The largest absolute Gasteiger partial charge is 0.453 e. The summed E-state index contributed by atoms with van der Waals surface area (Å²) < 4.78 is 23.5. The van der Waals surface area contributed by atoms with E-state index in [4.69, 9.17) is 9.15 Å². The number of halogens is 1. The lowest BCUT2D eigenvalue weighted by Gasteiger charge is -2.04. The van der Waals surface area contributed by atoms with E-state index in [-0.39, 0.29) is 30.1 Å². The molecular formula is C13H13FO3. The van der Waals surface area contributed by atoms with Gasteiger partial charge in [0.1, 0.15) is 18.0 Å². The van der Waals surface area contributed by atoms with Crippen molar-refractivity contribution in [3.63, 3.8) is 0 Å². The van der Waals surface area contributed by atoms with Gasteiger partial charge in [-0.05, 0) is 38.1 Å². The van der Waals surface area contributed by atoms with Crippen molar-refractivity contribution in [1.82, 2.24) is 0 Å². The summed E-state index contributed by atoms with van der Waals surface area (Å²) >= 11 is 0. The van der Waals surface area contributed by atoms with Gasteiger partial charge in [0.15, 0.2) is 5.76 Å². The van der Waals surface area contributed by atoms with E-state index in [9.17, 15) is 9.18 Å². The van der Waals surface area contributed by atoms with Gasteiger partial charge in [0, 0.05) is 5.39 Å². The quantitative estimate of drug-likeness (QED) is 0.765. The molecule has 2 aromatic rings. The zero-order valence-electron chi connectivity index (χ0n) is 9.70. The third-order valence-electron chi connectivity index (χ3n) is 2.30. The van der Waals surface area contributed by atoms with E-state index >= 15 is 0 Å². The van der Waals surface area contributed by atoms with Crippen molar-refractivity contribution in [3.05, 3.63) is 35.8 Å². The molecule has 0 atom stereocenters. The van der Waals surface area contributed by atoms with Crippen LogP contribution in [-0.4, -0.2) is 18.5 Å². The number of carbonyl (C=O) groups is 1. The van der Waals surface area contributed by atoms with Crippen molar-refractivity contribution >= 4 is 16.8 Å². The fourth-order valence-electron chi connectivity index (χ4n) is 1.47. The van der Waals surface area contributed by atoms with Gasteiger partial charge in [0.05, 0.1) is 6.10 Å². The van der Waals surface area contributed by atoms with Gasteiger partial charge in [-0.2, -0.15) is 0 Å². The number of ether oxygens (including phenoxy) is 1. The maximum absolute atomic E-state index is 12.9. The molecule has 1 aromatic heterocycles. The predicted octanol–water partition coefficient (Wildman–Crippen LogP) is 3.18. The van der Waals surface area contributed by atoms with Gasteiger partial charge in [0.25, 0.3) is 0 Å². The Morgan fingerprint density at radius 2 is 2.18 bits per heavy atom. The fourth-order valence-corrected chi connectivity index (χ4v) is 1.47. The van der Waals surface area contributed by atoms with Gasteiger partial charge < -0.3 is 9.15 Å². The lowest BCUT2D eigenvalue weighted by Crippen LogP contribution is -2.12. The summed E-state index contributed by atoms with van der Waals surface area (Å²) in [6.45, 7) is 3.67. The van der Waals surface area contributed by atoms with Crippen molar-refractivity contribution in [2.45, 2.75) is 20.0 Å². The van der Waals surface area contributed by atoms with E-state index in [0.29, 0.717) is 11.0 Å². The second kappa shape index (κ2) is 4.67. The van der Waals surface area contributed by atoms with Gasteiger partial charge in [-0.3, -0.25) is 4.79 Å². The number of hydrogen-bond donors (Lipinski definition) is 0. The topological polar surface area (TPSA) is 39.4 Å². The molecule has 0 unspecified atom stereocenters. The van der Waals surface area contributed by atoms with Crippen LogP contribution in [0.3, 0.4) is 0 Å². The molecule has 0 saturated heterocycles. The Morgan fingerprint density at radius 3 is 2.88 bits per heavy atom. The van der Waals surface area contributed by atoms with Crippen LogP contribution in [0.4, 0.5) is 4.39 Å². The molecule has 0 amide bonds. The van der Waals surface area contributed by atoms with Crippen LogP contribution in [0.25, 0.3) is 11.0 Å². The summed E-state index contributed by atoms with van der Waals surface area (Å²) in [5.41, 5.74) is 0.499. The second-order valence-electron chi connectivity index (χ2n) is 4.08. The molecule has 17 heavy (non-hydrogen) atoms. The first-order valence-corrected chi connectivity index (χ1v) is 5.40. The first-order valence-electron chi connectivity index (χ1n) is 5.40. The molecule has 90 valence electrons. The van der Waals surface area contributed by atoms with Crippen LogP contribution < -0.4 is 0 Å². The van der Waals surface area contributed by atoms with Crippen LogP contribution in [0.2, 0.25) is 0 Å². The molecule has 1 aromatic carbocycles. The standard InChI is InChI=1S/C13H13FO3/c1-8(2)16-7-11(15)13-6-9-5-10(14)3-4-12(9)17-13/h3-6,8H,7H2,1-2H3. The Kier molecular flexibility index (Phi) is 3.24. The smallest absolute Gasteiger partial charge is 0.223 e. The normalized spacial score (nSPS) is 11.3. The first-order chi connectivity index (χ1) is 8.06. The highest BCUT2D eigenvalue weighted by atomic mass is 19.1. The Balaban J connectivity index is 2.21. The Hall–Kier alpha value is -1.68. The number of ketones is 1. The molecule has 3 nitrogen and oxygen atoms in total. The van der Waals surface area contributed by atoms with Gasteiger partial charge in [-0.1, -0.05) is 0 Å². The van der Waals surface area contributed by atoms with Crippen LogP contribution in [0.15, 0.2) is 28.7 Å². The van der Waals surface area contributed by atoms with Crippen LogP contribution in [0.1, 0.15) is 24.4 Å². The highest BCUT2D eigenvalue weighted by Gasteiger charge is 2.13. The molecule has 0 spiro atoms. The predicted molar refractivity (Wildman–Crippen MR) is 61.6 cm³/mol. The number of furan rings is 1. The summed E-state index contributed by atoms with van der Waals surface area (Å²) in [7, 11) is 0. The Bertz CT molecular complexity index is 543. The van der Waals surface area contributed by atoms with Gasteiger partial charge in [-0.25, -0.2) is 4.39 Å². The lowest BCUT2D eigenvalue weighted by molar-refractivity contribution is 0.0564. The van der Waals surface area contributed by atoms with Crippen LogP contribution in [0.5, 0.6) is 0 Å². The number of rotatable bonds is 4. The molecule has 0 aliphatic carbocycles. The van der Waals surface area contributed by atoms with E-state index in [1.54, 1.807) is 0 Å². The number of benzene rings is 1. The molecule has 0 radical (unpaired) electrons. The maximum Gasteiger partial charge on any atom is 0.223 e. The van der Waals surface area contributed by atoms with Crippen LogP contribution in [0, 0.1) is 5.82 Å². The Labute approximate surface area is 98.2 Å². The summed E-state index contributed by atoms with van der Waals surface area (Å²) in [5.74, 6) is -0.391. The summed E-state index contributed by atoms with van der Waals surface area (Å²) in [6.07, 6.45) is -0.0132. The first kappa shape index (κ1) is 11.8. The van der Waals surface area contributed by atoms with Crippen molar-refractivity contribution < 1.29 is 18.3 Å². The van der Waals surface area contributed by atoms with Gasteiger partial charge in [0.2, 0.25) is 5.78 Å². The molecule has 0 bridgehead atoms. The summed E-state index contributed by atoms with van der Waals surface area (Å²) in [6, 6.07) is 5.67. The van der Waals surface area contributed by atoms with E-state index < -0.39 is 0 Å². The van der Waals surface area contributed by atoms with Crippen LogP contribution >= 0.6 is 0 Å². The molecule has 1 heterocycles. The van der Waals surface area contributed by atoms with Crippen molar-refractivity contribution in [2.24, 2.45) is 0 Å². The van der Waals surface area contributed by atoms with Gasteiger partial charge >= 0.3 is 0 Å². The lowest BCUT2D eigenvalue weighted by atomic mass is 10.2. The average molecular weight is 236 g/mol. The molecule has 0 fully saturated rings. The van der Waals surface area contributed by atoms with E-state index in [1.807, 2.05) is 13.8 Å². The minimum Gasteiger partial charge on any atom is -0.453 e. The van der Waals surface area contributed by atoms with Crippen LogP contribution in [-0.2, 0) is 4.74 Å². The molecule has 0 N–H and O–H groups in total. The zero-order valence-corrected chi connectivity index (χ0v) is 9.70. The maximum atomic E-state index is 12.9. The molecule has 2 rings (SSSR count). The van der Waals surface area contributed by atoms with E-state index in [0.717, 1.165) is 0 Å². The van der Waals surface area contributed by atoms with E-state index in [1.165, 1.54) is 24.3 Å². The van der Waals surface area contributed by atoms with E-state index in [2.05, 4.69) is 0 Å². The van der Waals surface area contributed by atoms with Crippen molar-refractivity contribution in [1.29, 1.82) is 0 Å². The highest BCUT2D eigenvalue weighted by molar-refractivity contribution is 5.98. The summed E-state index contributed by atoms with van der Waals surface area (Å²) in [5, 5.41) is 0.581. The number of hydrogen-bond acceptors (Lipinski definition) is 3. The minimum absolute atomic E-state index is 0.0132. The zero-order chi connectivity index (χ0) is 12.4. The van der Waals surface area contributed by atoms with Crippen molar-refractivity contribution in [2.75, 3.05) is 6.61 Å². The molecule has 0 aliphatic rings. The van der Waals surface area contributed by atoms with Gasteiger partial charge in [-0.15, -0.1) is 0 Å².